The fraction of sp³-hybridized carbons (Fsp3) is 0.300. The van der Waals surface area contributed by atoms with Gasteiger partial charge in [-0.15, -0.1) is 0 Å². The zero-order chi connectivity index (χ0) is 18.8. The second kappa shape index (κ2) is 10.2. The molecule has 0 saturated carbocycles. The van der Waals surface area contributed by atoms with E-state index in [-0.39, 0.29) is 43.8 Å². The zero-order valence-electron chi connectivity index (χ0n) is 14.7. The van der Waals surface area contributed by atoms with Crippen molar-refractivity contribution in [3.63, 3.8) is 0 Å². The second-order valence-electron chi connectivity index (χ2n) is 5.60. The maximum absolute atomic E-state index is 13.1. The molecule has 0 bridgehead atoms. The number of esters is 1. The number of nitrogens with zero attached hydrogens (tertiary/aromatic N) is 1. The van der Waals surface area contributed by atoms with Crippen LogP contribution in [-0.2, 0) is 20.9 Å². The Balaban J connectivity index is 1.99. The van der Waals surface area contributed by atoms with E-state index in [4.69, 9.17) is 9.47 Å². The lowest BCUT2D eigenvalue weighted by Gasteiger charge is -2.22. The summed E-state index contributed by atoms with van der Waals surface area (Å²) in [5.74, 6) is -0.380. The van der Waals surface area contributed by atoms with Gasteiger partial charge in [-0.3, -0.25) is 9.59 Å². The first kappa shape index (κ1) is 19.4. The zero-order valence-corrected chi connectivity index (χ0v) is 14.7. The van der Waals surface area contributed by atoms with Gasteiger partial charge in [0.15, 0.2) is 6.61 Å². The van der Waals surface area contributed by atoms with Crippen LogP contribution in [0.3, 0.4) is 0 Å². The summed E-state index contributed by atoms with van der Waals surface area (Å²) in [4.78, 5) is 25.6. The van der Waals surface area contributed by atoms with Crippen LogP contribution in [0, 0.1) is 5.82 Å². The number of ether oxygens (including phenoxy) is 2. The lowest BCUT2D eigenvalue weighted by atomic mass is 10.2. The van der Waals surface area contributed by atoms with Crippen LogP contribution >= 0.6 is 0 Å². The highest BCUT2D eigenvalue weighted by Crippen LogP contribution is 2.11. The molecule has 0 heterocycles. The highest BCUT2D eigenvalue weighted by Gasteiger charge is 2.17. The van der Waals surface area contributed by atoms with Crippen molar-refractivity contribution in [2.45, 2.75) is 19.9 Å². The van der Waals surface area contributed by atoms with Crippen LogP contribution in [0.1, 0.15) is 18.9 Å². The van der Waals surface area contributed by atoms with Crippen LogP contribution in [0.25, 0.3) is 0 Å². The van der Waals surface area contributed by atoms with Crippen molar-refractivity contribution in [3.8, 4) is 5.75 Å². The molecular formula is C20H22FNO4. The van der Waals surface area contributed by atoms with Gasteiger partial charge in [-0.05, 0) is 36.8 Å². The van der Waals surface area contributed by atoms with Crippen molar-refractivity contribution in [2.75, 3.05) is 19.8 Å². The summed E-state index contributed by atoms with van der Waals surface area (Å²) >= 11 is 0. The predicted octanol–water partition coefficient (Wildman–Crippen LogP) is 3.19. The minimum atomic E-state index is -0.367. The van der Waals surface area contributed by atoms with Crippen molar-refractivity contribution in [3.05, 3.63) is 66.0 Å². The van der Waals surface area contributed by atoms with Crippen molar-refractivity contribution < 1.29 is 23.5 Å². The van der Waals surface area contributed by atoms with Crippen molar-refractivity contribution in [2.24, 2.45) is 0 Å². The van der Waals surface area contributed by atoms with Crippen LogP contribution in [0.5, 0.6) is 5.75 Å². The third-order valence-corrected chi connectivity index (χ3v) is 3.64. The van der Waals surface area contributed by atoms with E-state index < -0.39 is 0 Å². The van der Waals surface area contributed by atoms with Gasteiger partial charge in [0.05, 0.1) is 13.0 Å². The summed E-state index contributed by atoms with van der Waals surface area (Å²) < 4.78 is 23.5. The van der Waals surface area contributed by atoms with Gasteiger partial charge in [-0.25, -0.2) is 4.39 Å². The van der Waals surface area contributed by atoms with E-state index >= 15 is 0 Å². The molecule has 6 heteroatoms. The Labute approximate surface area is 152 Å². The number of hydrogen-bond acceptors (Lipinski definition) is 4. The summed E-state index contributed by atoms with van der Waals surface area (Å²) in [6.07, 6.45) is 0.0894. The average Bonchev–Trinajstić information content (AvgIpc) is 2.66. The number of carbonyl (C=O) groups is 2. The van der Waals surface area contributed by atoms with Crippen LogP contribution in [0.15, 0.2) is 54.6 Å². The molecule has 0 unspecified atom stereocenters. The molecule has 5 nitrogen and oxygen atoms in total. The summed E-state index contributed by atoms with van der Waals surface area (Å²) in [7, 11) is 0. The molecule has 0 aliphatic carbocycles. The average molecular weight is 359 g/mol. The fourth-order valence-electron chi connectivity index (χ4n) is 2.31. The third kappa shape index (κ3) is 6.55. The Hall–Kier alpha value is -2.89. The fourth-order valence-corrected chi connectivity index (χ4v) is 2.31. The van der Waals surface area contributed by atoms with Crippen molar-refractivity contribution in [1.29, 1.82) is 0 Å². The molecule has 2 rings (SSSR count). The molecule has 1 amide bonds. The molecule has 2 aromatic rings. The Morgan fingerprint density at radius 3 is 2.38 bits per heavy atom. The number of halogens is 1. The van der Waals surface area contributed by atoms with E-state index in [2.05, 4.69) is 0 Å². The minimum Gasteiger partial charge on any atom is -0.484 e. The van der Waals surface area contributed by atoms with Crippen LogP contribution in [0.2, 0.25) is 0 Å². The molecule has 0 atom stereocenters. The van der Waals surface area contributed by atoms with Gasteiger partial charge < -0.3 is 14.4 Å². The highest BCUT2D eigenvalue weighted by molar-refractivity contribution is 5.78. The van der Waals surface area contributed by atoms with E-state index in [0.717, 1.165) is 5.56 Å². The van der Waals surface area contributed by atoms with E-state index in [0.29, 0.717) is 12.4 Å². The lowest BCUT2D eigenvalue weighted by Crippen LogP contribution is -2.36. The SMILES string of the molecule is CCOC(=O)CCN(Cc1ccc(F)cc1)C(=O)COc1ccccc1. The van der Waals surface area contributed by atoms with Gasteiger partial charge in [0, 0.05) is 13.1 Å². The molecule has 0 fully saturated rings. The number of carbonyl (C=O) groups excluding carboxylic acids is 2. The molecule has 138 valence electrons. The Morgan fingerprint density at radius 1 is 1.04 bits per heavy atom. The second-order valence-corrected chi connectivity index (χ2v) is 5.60. The monoisotopic (exact) mass is 359 g/mol. The van der Waals surface area contributed by atoms with Gasteiger partial charge in [0.2, 0.25) is 0 Å². The number of benzene rings is 2. The highest BCUT2D eigenvalue weighted by atomic mass is 19.1. The number of amides is 1. The van der Waals surface area contributed by atoms with Gasteiger partial charge in [0.25, 0.3) is 5.91 Å². The molecule has 0 aromatic heterocycles. The Kier molecular flexibility index (Phi) is 7.61. The number of rotatable bonds is 9. The first-order chi connectivity index (χ1) is 12.6. The minimum absolute atomic E-state index is 0.0894. The lowest BCUT2D eigenvalue weighted by molar-refractivity contribution is -0.144. The van der Waals surface area contributed by atoms with Crippen LogP contribution < -0.4 is 4.74 Å². The maximum Gasteiger partial charge on any atom is 0.307 e. The smallest absolute Gasteiger partial charge is 0.307 e. The number of hydrogen-bond donors (Lipinski definition) is 0. The van der Waals surface area contributed by atoms with Gasteiger partial charge in [0.1, 0.15) is 11.6 Å². The van der Waals surface area contributed by atoms with Crippen LogP contribution in [-0.4, -0.2) is 36.5 Å². The maximum atomic E-state index is 13.1. The molecule has 0 aliphatic heterocycles. The largest absolute Gasteiger partial charge is 0.484 e. The first-order valence-corrected chi connectivity index (χ1v) is 8.44. The Morgan fingerprint density at radius 2 is 1.73 bits per heavy atom. The van der Waals surface area contributed by atoms with Gasteiger partial charge in [-0.1, -0.05) is 30.3 Å². The summed E-state index contributed by atoms with van der Waals surface area (Å²) in [5.41, 5.74) is 0.767. The summed E-state index contributed by atoms with van der Waals surface area (Å²) in [6.45, 7) is 2.34. The molecule has 0 spiro atoms. The van der Waals surface area contributed by atoms with E-state index in [1.165, 1.54) is 17.0 Å². The topological polar surface area (TPSA) is 55.8 Å². The molecule has 2 aromatic carbocycles. The van der Waals surface area contributed by atoms with E-state index in [1.807, 2.05) is 18.2 Å². The number of para-hydroxylation sites is 1. The predicted molar refractivity (Wildman–Crippen MR) is 95.0 cm³/mol. The van der Waals surface area contributed by atoms with Gasteiger partial charge in [-0.2, -0.15) is 0 Å². The van der Waals surface area contributed by atoms with Crippen LogP contribution in [0.4, 0.5) is 4.39 Å². The molecular weight excluding hydrogens is 337 g/mol. The molecule has 0 aliphatic rings. The molecule has 0 radical (unpaired) electrons. The summed E-state index contributed by atoms with van der Waals surface area (Å²) in [5, 5.41) is 0. The Bertz CT molecular complexity index is 704. The van der Waals surface area contributed by atoms with E-state index in [9.17, 15) is 14.0 Å². The van der Waals surface area contributed by atoms with Gasteiger partial charge >= 0.3 is 5.97 Å². The van der Waals surface area contributed by atoms with Crippen molar-refractivity contribution >= 4 is 11.9 Å². The normalized spacial score (nSPS) is 10.2. The standard InChI is InChI=1S/C20H22FNO4/c1-2-25-20(24)12-13-22(14-16-8-10-17(21)11-9-16)19(23)15-26-18-6-4-3-5-7-18/h3-11H,2,12-15H2,1H3. The van der Waals surface area contributed by atoms with Crippen molar-refractivity contribution in [1.82, 2.24) is 4.90 Å². The molecule has 26 heavy (non-hydrogen) atoms. The molecule has 0 saturated heterocycles. The quantitative estimate of drug-likeness (QED) is 0.645. The summed E-state index contributed by atoms with van der Waals surface area (Å²) in [6, 6.07) is 14.9. The first-order valence-electron chi connectivity index (χ1n) is 8.44. The third-order valence-electron chi connectivity index (χ3n) is 3.64. The van der Waals surface area contributed by atoms with E-state index in [1.54, 1.807) is 31.2 Å². The molecule has 0 N–H and O–H groups in total.